The van der Waals surface area contributed by atoms with E-state index in [2.05, 4.69) is 28.3 Å². The van der Waals surface area contributed by atoms with Gasteiger partial charge in [0, 0.05) is 26.7 Å². The molecule has 0 aliphatic carbocycles. The summed E-state index contributed by atoms with van der Waals surface area (Å²) in [5.74, 6) is 1.49. The van der Waals surface area contributed by atoms with Gasteiger partial charge in [-0.2, -0.15) is 0 Å². The summed E-state index contributed by atoms with van der Waals surface area (Å²) >= 11 is 4.61. The predicted molar refractivity (Wildman–Crippen MR) is 112 cm³/mol. The topological polar surface area (TPSA) is 74.8 Å². The molecule has 0 saturated heterocycles. The Labute approximate surface area is 164 Å². The molecule has 0 radical (unpaired) electrons. The minimum absolute atomic E-state index is 0.0132. The van der Waals surface area contributed by atoms with Gasteiger partial charge in [0.2, 0.25) is 5.91 Å². The van der Waals surface area contributed by atoms with Crippen LogP contribution in [-0.2, 0) is 10.5 Å². The first-order valence-electron chi connectivity index (χ1n) is 8.42. The molecular formula is C18H21N3O2S3. The van der Waals surface area contributed by atoms with Gasteiger partial charge in [0.1, 0.15) is 10.7 Å². The van der Waals surface area contributed by atoms with Gasteiger partial charge in [-0.05, 0) is 32.4 Å². The van der Waals surface area contributed by atoms with Crippen LogP contribution in [0.25, 0.3) is 20.7 Å². The number of aromatic amines is 1. The maximum Gasteiger partial charge on any atom is 0.260 e. The number of nitrogens with one attached hydrogen (secondary N) is 2. The predicted octanol–water partition coefficient (Wildman–Crippen LogP) is 4.17. The van der Waals surface area contributed by atoms with Gasteiger partial charge in [0.15, 0.2) is 0 Å². The average molecular weight is 408 g/mol. The van der Waals surface area contributed by atoms with Crippen LogP contribution in [-0.4, -0.2) is 27.7 Å². The Morgan fingerprint density at radius 1 is 1.42 bits per heavy atom. The van der Waals surface area contributed by atoms with Crippen LogP contribution in [0.15, 0.2) is 22.3 Å². The highest BCUT2D eigenvalue weighted by Gasteiger charge is 2.14. The number of thiophene rings is 2. The summed E-state index contributed by atoms with van der Waals surface area (Å²) in [5, 5.41) is 5.58. The molecule has 0 aliphatic heterocycles. The fourth-order valence-corrected chi connectivity index (χ4v) is 5.10. The van der Waals surface area contributed by atoms with Crippen LogP contribution in [0.3, 0.4) is 0 Å². The number of fused-ring (bicyclic) bond motifs is 1. The molecule has 0 saturated carbocycles. The summed E-state index contributed by atoms with van der Waals surface area (Å²) in [5.41, 5.74) is 0.834. The molecule has 0 fully saturated rings. The lowest BCUT2D eigenvalue weighted by Crippen LogP contribution is -2.33. The number of hydrogen-bond acceptors (Lipinski definition) is 6. The van der Waals surface area contributed by atoms with Crippen molar-refractivity contribution < 1.29 is 4.79 Å². The van der Waals surface area contributed by atoms with Gasteiger partial charge in [-0.15, -0.1) is 34.4 Å². The fourth-order valence-electron chi connectivity index (χ4n) is 2.48. The van der Waals surface area contributed by atoms with E-state index in [9.17, 15) is 9.59 Å². The van der Waals surface area contributed by atoms with E-state index < -0.39 is 0 Å². The van der Waals surface area contributed by atoms with Gasteiger partial charge in [-0.25, -0.2) is 4.98 Å². The highest BCUT2D eigenvalue weighted by Crippen LogP contribution is 2.35. The second kappa shape index (κ2) is 8.37. The van der Waals surface area contributed by atoms with Crippen LogP contribution in [0.5, 0.6) is 0 Å². The molecule has 1 amide bonds. The van der Waals surface area contributed by atoms with Gasteiger partial charge in [0.25, 0.3) is 5.56 Å². The third-order valence-corrected chi connectivity index (χ3v) is 6.84. The first-order valence-corrected chi connectivity index (χ1v) is 11.3. The summed E-state index contributed by atoms with van der Waals surface area (Å²) in [4.78, 5) is 34.9. The van der Waals surface area contributed by atoms with Gasteiger partial charge in [-0.3, -0.25) is 9.59 Å². The van der Waals surface area contributed by atoms with Crippen molar-refractivity contribution in [3.8, 4) is 10.4 Å². The Morgan fingerprint density at radius 2 is 2.23 bits per heavy atom. The molecule has 0 bridgehead atoms. The van der Waals surface area contributed by atoms with E-state index in [1.807, 2.05) is 25.3 Å². The fraction of sp³-hybridized carbons (Fsp3) is 0.389. The van der Waals surface area contributed by atoms with Crippen LogP contribution in [0.2, 0.25) is 0 Å². The number of aryl methyl sites for hydroxylation is 1. The maximum absolute atomic E-state index is 12.6. The summed E-state index contributed by atoms with van der Waals surface area (Å²) in [7, 11) is 0. The lowest BCUT2D eigenvalue weighted by atomic mass is 10.2. The van der Waals surface area contributed by atoms with Crippen molar-refractivity contribution in [1.29, 1.82) is 0 Å². The smallest absolute Gasteiger partial charge is 0.260 e. The summed E-state index contributed by atoms with van der Waals surface area (Å²) in [6.45, 7) is 6.08. The Balaban J connectivity index is 1.72. The summed E-state index contributed by atoms with van der Waals surface area (Å²) in [6, 6.07) is 4.28. The van der Waals surface area contributed by atoms with E-state index in [0.717, 1.165) is 21.7 Å². The van der Waals surface area contributed by atoms with E-state index >= 15 is 0 Å². The number of hydrogen-bond donors (Lipinski definition) is 2. The van der Waals surface area contributed by atoms with Crippen LogP contribution in [0.4, 0.5) is 0 Å². The zero-order valence-corrected chi connectivity index (χ0v) is 17.4. The van der Waals surface area contributed by atoms with Gasteiger partial charge >= 0.3 is 0 Å². The monoisotopic (exact) mass is 407 g/mol. The zero-order valence-electron chi connectivity index (χ0n) is 14.9. The number of H-pyrrole nitrogens is 1. The Kier molecular flexibility index (Phi) is 6.16. The van der Waals surface area contributed by atoms with Gasteiger partial charge < -0.3 is 10.3 Å². The highest BCUT2D eigenvalue weighted by atomic mass is 32.2. The molecule has 0 unspecified atom stereocenters. The van der Waals surface area contributed by atoms with Crippen LogP contribution >= 0.6 is 34.4 Å². The molecule has 0 aliphatic rings. The van der Waals surface area contributed by atoms with Crippen molar-refractivity contribution in [2.45, 2.75) is 39.0 Å². The van der Waals surface area contributed by atoms with Crippen molar-refractivity contribution in [1.82, 2.24) is 15.3 Å². The Morgan fingerprint density at radius 3 is 2.92 bits per heavy atom. The molecule has 3 rings (SSSR count). The molecule has 3 heterocycles. The van der Waals surface area contributed by atoms with Crippen LogP contribution in [0, 0.1) is 6.92 Å². The van der Waals surface area contributed by atoms with Gasteiger partial charge in [-0.1, -0.05) is 6.92 Å². The second-order valence-electron chi connectivity index (χ2n) is 6.12. The number of carbonyl (C=O) groups is 1. The van der Waals surface area contributed by atoms with Crippen molar-refractivity contribution in [3.05, 3.63) is 38.6 Å². The number of nitrogens with zero attached hydrogens (tertiary/aromatic N) is 1. The summed E-state index contributed by atoms with van der Waals surface area (Å²) in [6.07, 6.45) is 0.909. The van der Waals surface area contributed by atoms with E-state index in [-0.39, 0.29) is 17.5 Å². The largest absolute Gasteiger partial charge is 0.353 e. The Hall–Kier alpha value is -1.64. The number of thioether (sulfide) groups is 1. The zero-order chi connectivity index (χ0) is 18.7. The molecule has 2 N–H and O–H groups in total. The van der Waals surface area contributed by atoms with Crippen molar-refractivity contribution in [2.24, 2.45) is 0 Å². The number of amides is 1. The number of carbonyl (C=O) groups excluding carboxylic acids is 1. The second-order valence-corrected chi connectivity index (χ2v) is 9.25. The van der Waals surface area contributed by atoms with E-state index in [1.165, 1.54) is 28.0 Å². The van der Waals surface area contributed by atoms with Crippen molar-refractivity contribution in [2.75, 3.05) is 5.75 Å². The lowest BCUT2D eigenvalue weighted by molar-refractivity contribution is -0.119. The molecule has 8 heteroatoms. The molecule has 3 aromatic rings. The van der Waals surface area contributed by atoms with E-state index in [0.29, 0.717) is 22.7 Å². The van der Waals surface area contributed by atoms with Crippen LogP contribution in [0.1, 0.15) is 31.0 Å². The lowest BCUT2D eigenvalue weighted by Gasteiger charge is -2.10. The third-order valence-electron chi connectivity index (χ3n) is 3.99. The third kappa shape index (κ3) is 4.36. The van der Waals surface area contributed by atoms with E-state index in [1.54, 1.807) is 11.3 Å². The normalized spacial score (nSPS) is 12.4. The average Bonchev–Trinajstić information content (AvgIpc) is 3.21. The SMILES string of the molecule is CC[C@@H](C)NC(=O)CSCc1nc2scc(-c3ccc(C)s3)c2c(=O)[nH]1. The molecular weight excluding hydrogens is 386 g/mol. The molecule has 0 aromatic carbocycles. The standard InChI is InChI=1S/C18H21N3O2S3/c1-4-10(2)19-15(22)9-24-8-14-20-17(23)16-12(7-25-18(16)21-14)13-6-5-11(3)26-13/h5-7,10H,4,8-9H2,1-3H3,(H,19,22)(H,20,21,23)/t10-/m1/s1. The molecule has 0 spiro atoms. The maximum atomic E-state index is 12.6. The Bertz CT molecular complexity index is 974. The first-order chi connectivity index (χ1) is 12.5. The van der Waals surface area contributed by atoms with E-state index in [4.69, 9.17) is 0 Å². The molecule has 1 atom stereocenters. The minimum Gasteiger partial charge on any atom is -0.353 e. The first kappa shape index (κ1) is 19.1. The minimum atomic E-state index is -0.114. The van der Waals surface area contributed by atoms with Crippen molar-refractivity contribution >= 4 is 50.6 Å². The number of rotatable bonds is 7. The highest BCUT2D eigenvalue weighted by molar-refractivity contribution is 7.99. The molecule has 5 nitrogen and oxygen atoms in total. The molecule has 138 valence electrons. The van der Waals surface area contributed by atoms with Crippen LogP contribution < -0.4 is 10.9 Å². The summed E-state index contributed by atoms with van der Waals surface area (Å²) < 4.78 is 0. The molecule has 3 aromatic heterocycles. The number of aromatic nitrogens is 2. The molecule has 26 heavy (non-hydrogen) atoms. The quantitative estimate of drug-likeness (QED) is 0.616. The van der Waals surface area contributed by atoms with Gasteiger partial charge in [0.05, 0.1) is 16.9 Å². The van der Waals surface area contributed by atoms with Crippen molar-refractivity contribution in [3.63, 3.8) is 0 Å².